The molecule has 0 unspecified atom stereocenters. The largest absolute Gasteiger partial charge is 0.357 e. The number of rotatable bonds is 1. The van der Waals surface area contributed by atoms with Gasteiger partial charge in [-0.25, -0.2) is 0 Å². The minimum absolute atomic E-state index is 0.0104. The van der Waals surface area contributed by atoms with Gasteiger partial charge in [0, 0.05) is 41.9 Å². The lowest BCUT2D eigenvalue weighted by atomic mass is 9.63. The van der Waals surface area contributed by atoms with E-state index in [1.165, 1.54) is 27.7 Å². The van der Waals surface area contributed by atoms with Gasteiger partial charge in [0.2, 0.25) is 0 Å². The van der Waals surface area contributed by atoms with Crippen molar-refractivity contribution in [2.75, 3.05) is 6.54 Å². The maximum Gasteiger partial charge on any atom is 0.135 e. The second-order valence-corrected chi connectivity index (χ2v) is 9.12. The number of benzene rings is 2. The topological polar surface area (TPSA) is 44.9 Å². The first kappa shape index (κ1) is 16.8. The molecule has 0 amide bonds. The van der Waals surface area contributed by atoms with E-state index in [9.17, 15) is 4.79 Å². The van der Waals surface area contributed by atoms with E-state index in [0.29, 0.717) is 24.5 Å². The van der Waals surface area contributed by atoms with Crippen LogP contribution in [0.15, 0.2) is 54.6 Å². The first-order chi connectivity index (χ1) is 13.0. The Morgan fingerprint density at radius 2 is 1.70 bits per heavy atom. The second-order valence-electron chi connectivity index (χ2n) is 9.12. The minimum atomic E-state index is -0.279. The first-order valence-corrected chi connectivity index (χ1v) is 9.90. The number of ketones is 1. The number of hydrogen-bond donors (Lipinski definition) is 2. The highest BCUT2D eigenvalue weighted by molar-refractivity contribution is 5.88. The molecule has 1 spiro atoms. The van der Waals surface area contributed by atoms with Crippen LogP contribution in [0.2, 0.25) is 0 Å². The zero-order chi connectivity index (χ0) is 18.6. The van der Waals surface area contributed by atoms with Crippen molar-refractivity contribution in [1.82, 2.24) is 10.3 Å². The number of aromatic amines is 1. The Morgan fingerprint density at radius 1 is 0.963 bits per heavy atom. The van der Waals surface area contributed by atoms with Crippen LogP contribution in [-0.4, -0.2) is 17.3 Å². The first-order valence-electron chi connectivity index (χ1n) is 9.90. The molecule has 27 heavy (non-hydrogen) atoms. The van der Waals surface area contributed by atoms with E-state index in [0.717, 1.165) is 13.0 Å². The van der Waals surface area contributed by atoms with Gasteiger partial charge in [0.25, 0.3) is 0 Å². The quantitative estimate of drug-likeness (QED) is 0.651. The summed E-state index contributed by atoms with van der Waals surface area (Å²) in [6.45, 7) is 5.31. The van der Waals surface area contributed by atoms with Crippen molar-refractivity contribution in [2.45, 2.75) is 44.6 Å². The number of aromatic nitrogens is 1. The van der Waals surface area contributed by atoms with Gasteiger partial charge in [-0.1, -0.05) is 62.4 Å². The Kier molecular flexibility index (Phi) is 3.60. The third-order valence-corrected chi connectivity index (χ3v) is 6.37. The third kappa shape index (κ3) is 2.64. The number of para-hydroxylation sites is 1. The van der Waals surface area contributed by atoms with E-state index in [1.807, 2.05) is 0 Å². The lowest BCUT2D eigenvalue weighted by Crippen LogP contribution is -2.55. The van der Waals surface area contributed by atoms with E-state index in [1.54, 1.807) is 0 Å². The number of carbonyl (C=O) groups excluding carboxylic acids is 1. The molecule has 2 aromatic carbocycles. The maximum absolute atomic E-state index is 12.7. The molecule has 5 rings (SSSR count). The van der Waals surface area contributed by atoms with Crippen LogP contribution in [0.4, 0.5) is 0 Å². The molecule has 2 atom stereocenters. The molecule has 1 saturated carbocycles. The van der Waals surface area contributed by atoms with Crippen molar-refractivity contribution in [3.8, 4) is 0 Å². The van der Waals surface area contributed by atoms with Crippen LogP contribution < -0.4 is 5.32 Å². The average Bonchev–Trinajstić information content (AvgIpc) is 3.02. The highest BCUT2D eigenvalue weighted by Gasteiger charge is 2.49. The molecular weight excluding hydrogens is 332 g/mol. The van der Waals surface area contributed by atoms with E-state index >= 15 is 0 Å². The van der Waals surface area contributed by atoms with Gasteiger partial charge in [0.1, 0.15) is 5.78 Å². The standard InChI is InChI=1S/C24H26N2O/c1-23(2)12-17(27)13-24(15-23)22-21(18-10-6-7-11-20(18)26-22)19(14-25-24)16-8-4-3-5-9-16/h3-11,19,25-26H,12-15H2,1-2H3/t19-,24-/m1/s1. The Bertz CT molecular complexity index is 1020. The predicted octanol–water partition coefficient (Wildman–Crippen LogP) is 4.88. The number of nitrogens with one attached hydrogen (secondary N) is 2. The molecule has 3 heteroatoms. The van der Waals surface area contributed by atoms with Crippen LogP contribution in [0.5, 0.6) is 0 Å². The monoisotopic (exact) mass is 358 g/mol. The molecular formula is C24H26N2O. The lowest BCUT2D eigenvalue weighted by Gasteiger charge is -2.48. The Hall–Kier alpha value is -2.39. The Morgan fingerprint density at radius 3 is 2.48 bits per heavy atom. The molecule has 3 aromatic rings. The molecule has 1 aliphatic carbocycles. The predicted molar refractivity (Wildman–Crippen MR) is 109 cm³/mol. The van der Waals surface area contributed by atoms with Crippen LogP contribution in [0.25, 0.3) is 10.9 Å². The van der Waals surface area contributed by atoms with Gasteiger partial charge in [0.15, 0.2) is 0 Å². The van der Waals surface area contributed by atoms with Crippen molar-refractivity contribution < 1.29 is 4.79 Å². The number of Topliss-reactive ketones (excluding diaryl/α,β-unsaturated/α-hetero) is 1. The fraction of sp³-hybridized carbons (Fsp3) is 0.375. The molecule has 1 aliphatic heterocycles. The normalized spacial score (nSPS) is 27.0. The molecule has 3 nitrogen and oxygen atoms in total. The van der Waals surface area contributed by atoms with E-state index < -0.39 is 0 Å². The van der Waals surface area contributed by atoms with Crippen LogP contribution in [0, 0.1) is 5.41 Å². The van der Waals surface area contributed by atoms with Gasteiger partial charge >= 0.3 is 0 Å². The highest BCUT2D eigenvalue weighted by Crippen LogP contribution is 2.50. The average molecular weight is 358 g/mol. The number of carbonyl (C=O) groups is 1. The summed E-state index contributed by atoms with van der Waals surface area (Å²) in [6.07, 6.45) is 2.24. The Balaban J connectivity index is 1.74. The summed E-state index contributed by atoms with van der Waals surface area (Å²) >= 11 is 0. The molecule has 2 N–H and O–H groups in total. The smallest absolute Gasteiger partial charge is 0.135 e. The summed E-state index contributed by atoms with van der Waals surface area (Å²) in [6, 6.07) is 19.3. The summed E-state index contributed by atoms with van der Waals surface area (Å²) < 4.78 is 0. The van der Waals surface area contributed by atoms with Gasteiger partial charge in [-0.3, -0.25) is 4.79 Å². The summed E-state index contributed by atoms with van der Waals surface area (Å²) in [5.74, 6) is 0.657. The fourth-order valence-electron chi connectivity index (χ4n) is 5.54. The number of H-pyrrole nitrogens is 1. The molecule has 0 saturated heterocycles. The van der Waals surface area contributed by atoms with Crippen LogP contribution >= 0.6 is 0 Å². The molecule has 2 aliphatic rings. The SMILES string of the molecule is CC1(C)CC(=O)C[C@]2(C1)NC[C@H](c1ccccc1)c1c2[nH]c2ccccc12. The van der Waals surface area contributed by atoms with Gasteiger partial charge in [-0.2, -0.15) is 0 Å². The zero-order valence-corrected chi connectivity index (χ0v) is 16.0. The number of hydrogen-bond acceptors (Lipinski definition) is 2. The number of fused-ring (bicyclic) bond motifs is 4. The van der Waals surface area contributed by atoms with Crippen molar-refractivity contribution in [3.05, 3.63) is 71.4 Å². The summed E-state index contributed by atoms with van der Waals surface area (Å²) in [5.41, 5.74) is 4.83. The van der Waals surface area contributed by atoms with Gasteiger partial charge in [-0.15, -0.1) is 0 Å². The van der Waals surface area contributed by atoms with E-state index in [2.05, 4.69) is 78.7 Å². The third-order valence-electron chi connectivity index (χ3n) is 6.37. The molecule has 1 fully saturated rings. The molecule has 138 valence electrons. The van der Waals surface area contributed by atoms with Crippen molar-refractivity contribution in [3.63, 3.8) is 0 Å². The van der Waals surface area contributed by atoms with Gasteiger partial charge < -0.3 is 10.3 Å². The van der Waals surface area contributed by atoms with E-state index in [-0.39, 0.29) is 11.0 Å². The van der Waals surface area contributed by atoms with Gasteiger partial charge in [0.05, 0.1) is 5.54 Å². The molecule has 0 bridgehead atoms. The van der Waals surface area contributed by atoms with Crippen LogP contribution in [0.3, 0.4) is 0 Å². The van der Waals surface area contributed by atoms with Crippen molar-refractivity contribution in [1.29, 1.82) is 0 Å². The molecule has 0 radical (unpaired) electrons. The van der Waals surface area contributed by atoms with E-state index in [4.69, 9.17) is 0 Å². The van der Waals surface area contributed by atoms with Gasteiger partial charge in [-0.05, 0) is 29.0 Å². The minimum Gasteiger partial charge on any atom is -0.357 e. The summed E-state index contributed by atoms with van der Waals surface area (Å²) in [4.78, 5) is 16.4. The van der Waals surface area contributed by atoms with Crippen LogP contribution in [0.1, 0.15) is 55.8 Å². The zero-order valence-electron chi connectivity index (χ0n) is 16.0. The second kappa shape index (κ2) is 5.80. The molecule has 1 aromatic heterocycles. The Labute approximate surface area is 160 Å². The van der Waals surface area contributed by atoms with Crippen molar-refractivity contribution in [2.24, 2.45) is 5.41 Å². The summed E-state index contributed by atoms with van der Waals surface area (Å²) in [7, 11) is 0. The maximum atomic E-state index is 12.7. The van der Waals surface area contributed by atoms with Crippen molar-refractivity contribution >= 4 is 16.7 Å². The fourth-order valence-corrected chi connectivity index (χ4v) is 5.54. The highest BCUT2D eigenvalue weighted by atomic mass is 16.1. The lowest BCUT2D eigenvalue weighted by molar-refractivity contribution is -0.126. The molecule has 2 heterocycles. The van der Waals surface area contributed by atoms with Crippen LogP contribution in [-0.2, 0) is 10.3 Å². The summed E-state index contributed by atoms with van der Waals surface area (Å²) in [5, 5.41) is 5.12.